The Morgan fingerprint density at radius 3 is 0.897 bits per heavy atom. The summed E-state index contributed by atoms with van der Waals surface area (Å²) in [5.41, 5.74) is 1.64. The average molecular weight is 423 g/mol. The van der Waals surface area contributed by atoms with Crippen molar-refractivity contribution in [3.8, 4) is 0 Å². The van der Waals surface area contributed by atoms with Crippen molar-refractivity contribution in [1.29, 1.82) is 0 Å². The molecule has 0 bridgehead atoms. The third-order valence-corrected chi connectivity index (χ3v) is 12.0. The fourth-order valence-corrected chi connectivity index (χ4v) is 8.52. The van der Waals surface area contributed by atoms with Gasteiger partial charge < -0.3 is 0 Å². The summed E-state index contributed by atoms with van der Waals surface area (Å²) in [6.07, 6.45) is 11.3. The highest BCUT2D eigenvalue weighted by Crippen LogP contribution is 2.64. The third kappa shape index (κ3) is 5.40. The van der Waals surface area contributed by atoms with Crippen LogP contribution < -0.4 is 0 Å². The monoisotopic (exact) mass is 422 g/mol. The van der Waals surface area contributed by atoms with Gasteiger partial charge in [-0.2, -0.15) is 0 Å². The van der Waals surface area contributed by atoms with Crippen LogP contribution in [0, 0.1) is 33.5 Å². The molecule has 2 aliphatic rings. The second kappa shape index (κ2) is 8.04. The molecule has 0 aromatic rings. The predicted molar refractivity (Wildman–Crippen MR) is 135 cm³/mol. The Hall–Kier alpha value is 0.350. The molecular weight excluding hydrogens is 368 g/mol. The number of thioether (sulfide) groups is 1. The predicted octanol–water partition coefficient (Wildman–Crippen LogP) is 9.76. The standard InChI is InChI=1S/C28H54S/c1-23(2,3)21-13-17-27(18-14-21,25(7,8)9)29-28(26(10,11)12)19-15-22(16-20-28)24(4,5)6/h21-22H,13-20H2,1-12H3. The van der Waals surface area contributed by atoms with Gasteiger partial charge in [0.25, 0.3) is 0 Å². The van der Waals surface area contributed by atoms with Crippen molar-refractivity contribution >= 4 is 11.8 Å². The van der Waals surface area contributed by atoms with Crippen LogP contribution >= 0.6 is 11.8 Å². The summed E-state index contributed by atoms with van der Waals surface area (Å²) in [4.78, 5) is 0. The van der Waals surface area contributed by atoms with E-state index in [0.29, 0.717) is 31.2 Å². The molecule has 0 atom stereocenters. The van der Waals surface area contributed by atoms with E-state index in [2.05, 4.69) is 94.8 Å². The Bertz CT molecular complexity index is 477. The second-order valence-corrected chi connectivity index (χ2v) is 16.6. The van der Waals surface area contributed by atoms with Crippen LogP contribution in [0.1, 0.15) is 134 Å². The fraction of sp³-hybridized carbons (Fsp3) is 1.00. The van der Waals surface area contributed by atoms with Gasteiger partial charge in [-0.25, -0.2) is 0 Å². The zero-order valence-corrected chi connectivity index (χ0v) is 23.0. The topological polar surface area (TPSA) is 0 Å². The normalized spacial score (nSPS) is 35.6. The zero-order chi connectivity index (χ0) is 22.5. The molecule has 2 saturated carbocycles. The minimum Gasteiger partial charge on any atom is -0.147 e. The van der Waals surface area contributed by atoms with Crippen molar-refractivity contribution in [2.75, 3.05) is 0 Å². The lowest BCUT2D eigenvalue weighted by Crippen LogP contribution is -2.53. The van der Waals surface area contributed by atoms with E-state index in [-0.39, 0.29) is 0 Å². The summed E-state index contributed by atoms with van der Waals surface area (Å²) in [5.74, 6) is 1.78. The first-order valence-electron chi connectivity index (χ1n) is 12.5. The van der Waals surface area contributed by atoms with Crippen LogP contribution in [0.25, 0.3) is 0 Å². The Labute approximate surface area is 189 Å². The molecule has 2 rings (SSSR count). The van der Waals surface area contributed by atoms with Crippen molar-refractivity contribution in [2.45, 2.75) is 144 Å². The molecule has 0 radical (unpaired) electrons. The number of hydrogen-bond donors (Lipinski definition) is 0. The molecule has 2 aliphatic carbocycles. The molecule has 2 fully saturated rings. The van der Waals surface area contributed by atoms with Crippen LogP contribution in [0.5, 0.6) is 0 Å². The second-order valence-electron chi connectivity index (χ2n) is 14.9. The molecule has 1 heteroatoms. The van der Waals surface area contributed by atoms with Crippen LogP contribution in [-0.2, 0) is 0 Å². The van der Waals surface area contributed by atoms with Crippen LogP contribution in [0.4, 0.5) is 0 Å². The first-order valence-corrected chi connectivity index (χ1v) is 13.3. The summed E-state index contributed by atoms with van der Waals surface area (Å²) >= 11 is 2.48. The van der Waals surface area contributed by atoms with Crippen LogP contribution in [0.2, 0.25) is 0 Å². The van der Waals surface area contributed by atoms with Gasteiger partial charge >= 0.3 is 0 Å². The van der Waals surface area contributed by atoms with Gasteiger partial charge in [0.05, 0.1) is 0 Å². The molecule has 29 heavy (non-hydrogen) atoms. The highest BCUT2D eigenvalue weighted by molar-refractivity contribution is 8.02. The molecule has 172 valence electrons. The average Bonchev–Trinajstić information content (AvgIpc) is 2.52. The molecule has 0 aliphatic heterocycles. The molecule has 0 spiro atoms. The van der Waals surface area contributed by atoms with Gasteiger partial charge in [0.1, 0.15) is 0 Å². The van der Waals surface area contributed by atoms with Crippen molar-refractivity contribution in [1.82, 2.24) is 0 Å². The van der Waals surface area contributed by atoms with E-state index >= 15 is 0 Å². The lowest BCUT2D eigenvalue weighted by Gasteiger charge is -2.59. The van der Waals surface area contributed by atoms with E-state index in [9.17, 15) is 0 Å². The summed E-state index contributed by atoms with van der Waals surface area (Å²) in [7, 11) is 0. The van der Waals surface area contributed by atoms with Crippen molar-refractivity contribution in [3.63, 3.8) is 0 Å². The third-order valence-electron chi connectivity index (χ3n) is 9.16. The van der Waals surface area contributed by atoms with Crippen molar-refractivity contribution in [2.24, 2.45) is 33.5 Å². The van der Waals surface area contributed by atoms with Crippen LogP contribution in [-0.4, -0.2) is 9.49 Å². The van der Waals surface area contributed by atoms with E-state index in [0.717, 1.165) is 11.8 Å². The molecule has 0 aromatic carbocycles. The van der Waals surface area contributed by atoms with Gasteiger partial charge in [-0.1, -0.05) is 83.1 Å². The van der Waals surface area contributed by atoms with E-state index < -0.39 is 0 Å². The molecule has 0 N–H and O–H groups in total. The maximum absolute atomic E-state index is 2.54. The highest BCUT2D eigenvalue weighted by atomic mass is 32.2. The molecule has 0 heterocycles. The minimum atomic E-state index is 0.361. The molecule has 0 nitrogen and oxygen atoms in total. The maximum atomic E-state index is 2.54. The van der Waals surface area contributed by atoms with Gasteiger partial charge in [-0.3, -0.25) is 0 Å². The zero-order valence-electron chi connectivity index (χ0n) is 22.2. The first kappa shape index (κ1) is 25.6. The van der Waals surface area contributed by atoms with Gasteiger partial charge in [0.15, 0.2) is 0 Å². The largest absolute Gasteiger partial charge is 0.147 e. The van der Waals surface area contributed by atoms with E-state index in [4.69, 9.17) is 0 Å². The molecular formula is C28H54S. The Morgan fingerprint density at radius 2 is 0.724 bits per heavy atom. The van der Waals surface area contributed by atoms with Crippen molar-refractivity contribution in [3.05, 3.63) is 0 Å². The molecule has 0 aromatic heterocycles. The summed E-state index contributed by atoms with van der Waals surface area (Å²) < 4.78 is 0.854. The lowest BCUT2D eigenvalue weighted by molar-refractivity contribution is 0.102. The number of hydrogen-bond acceptors (Lipinski definition) is 1. The lowest BCUT2D eigenvalue weighted by atomic mass is 9.63. The minimum absolute atomic E-state index is 0.361. The Balaban J connectivity index is 2.30. The fourth-order valence-electron chi connectivity index (χ4n) is 6.28. The smallest absolute Gasteiger partial charge is 0.0214 e. The maximum Gasteiger partial charge on any atom is 0.0214 e. The first-order chi connectivity index (χ1) is 12.8. The summed E-state index contributed by atoms with van der Waals surface area (Å²) in [5, 5.41) is 0. The number of rotatable bonds is 2. The van der Waals surface area contributed by atoms with Gasteiger partial charge in [-0.15, -0.1) is 11.8 Å². The van der Waals surface area contributed by atoms with Crippen LogP contribution in [0.15, 0.2) is 0 Å². The molecule has 0 unspecified atom stereocenters. The Morgan fingerprint density at radius 1 is 0.483 bits per heavy atom. The van der Waals surface area contributed by atoms with E-state index in [1.54, 1.807) is 0 Å². The van der Waals surface area contributed by atoms with Gasteiger partial charge in [0, 0.05) is 9.49 Å². The van der Waals surface area contributed by atoms with Gasteiger partial charge in [0.2, 0.25) is 0 Å². The van der Waals surface area contributed by atoms with E-state index in [1.807, 2.05) is 0 Å². The van der Waals surface area contributed by atoms with Crippen molar-refractivity contribution < 1.29 is 0 Å². The summed E-state index contributed by atoms with van der Waals surface area (Å²) in [6, 6.07) is 0. The van der Waals surface area contributed by atoms with Gasteiger partial charge in [-0.05, 0) is 84.9 Å². The quantitative estimate of drug-likeness (QED) is 0.426. The molecule has 0 amide bonds. The highest BCUT2D eigenvalue weighted by Gasteiger charge is 2.55. The summed E-state index contributed by atoms with van der Waals surface area (Å²) in [6.45, 7) is 30.0. The van der Waals surface area contributed by atoms with Crippen LogP contribution in [0.3, 0.4) is 0 Å². The molecule has 0 saturated heterocycles. The SMILES string of the molecule is CC(C)(C)C1CCC(SC2(C(C)(C)C)CCC(C(C)(C)C)CC2)(C(C)(C)C)CC1. The van der Waals surface area contributed by atoms with E-state index in [1.165, 1.54) is 51.4 Å². The Kier molecular flexibility index (Phi) is 7.10.